The van der Waals surface area contributed by atoms with Crippen LogP contribution in [0.15, 0.2) is 18.2 Å². The predicted octanol–water partition coefficient (Wildman–Crippen LogP) is 3.09. The lowest BCUT2D eigenvalue weighted by atomic mass is 9.92. The van der Waals surface area contributed by atoms with Crippen molar-refractivity contribution in [2.75, 3.05) is 5.32 Å². The first-order chi connectivity index (χ1) is 18.0. The van der Waals surface area contributed by atoms with Crippen molar-refractivity contribution < 1.29 is 43.3 Å². The fraction of sp³-hybridized carbons (Fsp3) is 0.593. The van der Waals surface area contributed by atoms with Crippen LogP contribution < -0.4 is 10.6 Å². The minimum absolute atomic E-state index is 0.00114. The van der Waals surface area contributed by atoms with Crippen LogP contribution in [0.5, 0.6) is 5.75 Å². The van der Waals surface area contributed by atoms with Crippen molar-refractivity contribution in [2.45, 2.75) is 91.1 Å². The Morgan fingerprint density at radius 1 is 1.11 bits per heavy atom. The molecule has 1 heterocycles. The van der Waals surface area contributed by atoms with Crippen LogP contribution in [0.25, 0.3) is 0 Å². The number of cyclic esters (lactones) is 2. The molecule has 0 aromatic heterocycles. The van der Waals surface area contributed by atoms with Crippen molar-refractivity contribution in [1.29, 1.82) is 0 Å². The van der Waals surface area contributed by atoms with Gasteiger partial charge in [-0.05, 0) is 38.3 Å². The van der Waals surface area contributed by atoms with E-state index in [-0.39, 0.29) is 23.6 Å². The second kappa shape index (κ2) is 14.3. The van der Waals surface area contributed by atoms with Crippen molar-refractivity contribution in [2.24, 2.45) is 11.8 Å². The number of para-hydroxylation sites is 1. The van der Waals surface area contributed by atoms with Gasteiger partial charge in [0.15, 0.2) is 17.9 Å². The summed E-state index contributed by atoms with van der Waals surface area (Å²) in [6.07, 6.45) is 0.0639. The van der Waals surface area contributed by atoms with Gasteiger partial charge < -0.3 is 30.0 Å². The topological polar surface area (TPSA) is 157 Å². The molecule has 1 fully saturated rings. The third-order valence-corrected chi connectivity index (χ3v) is 6.23. The van der Waals surface area contributed by atoms with Gasteiger partial charge >= 0.3 is 17.9 Å². The SMILES string of the molecule is CCCCC[C@H]1C(=O)O[C@@H](C)[C@H](NC(=O)c2cccc(NC=O)c2O)C(=O)O[C@@H](C)[C@@H]1OC(=O)CC(C)C. The number of unbranched alkanes of at least 4 members (excludes halogenated alkanes) is 2. The molecule has 0 saturated carbocycles. The largest absolute Gasteiger partial charge is 0.505 e. The number of benzene rings is 1. The van der Waals surface area contributed by atoms with E-state index in [1.807, 2.05) is 20.8 Å². The van der Waals surface area contributed by atoms with Crippen molar-refractivity contribution in [3.63, 3.8) is 0 Å². The predicted molar refractivity (Wildman–Crippen MR) is 137 cm³/mol. The van der Waals surface area contributed by atoms with Gasteiger partial charge in [0.1, 0.15) is 12.2 Å². The zero-order chi connectivity index (χ0) is 28.4. The average Bonchev–Trinajstić information content (AvgIpc) is 2.86. The van der Waals surface area contributed by atoms with Gasteiger partial charge in [-0.25, -0.2) is 4.79 Å². The molecule has 210 valence electrons. The minimum atomic E-state index is -1.42. The Bertz CT molecular complexity index is 1010. The van der Waals surface area contributed by atoms with E-state index in [4.69, 9.17) is 14.2 Å². The molecule has 2 rings (SSSR count). The molecule has 1 saturated heterocycles. The highest BCUT2D eigenvalue weighted by molar-refractivity contribution is 6.01. The van der Waals surface area contributed by atoms with E-state index in [9.17, 15) is 29.1 Å². The summed E-state index contributed by atoms with van der Waals surface area (Å²) in [6.45, 7) is 8.70. The van der Waals surface area contributed by atoms with E-state index < -0.39 is 59.8 Å². The van der Waals surface area contributed by atoms with Gasteiger partial charge in [-0.3, -0.25) is 19.2 Å². The lowest BCUT2D eigenvalue weighted by molar-refractivity contribution is -0.175. The van der Waals surface area contributed by atoms with E-state index in [0.717, 1.165) is 12.8 Å². The summed E-state index contributed by atoms with van der Waals surface area (Å²) in [5, 5.41) is 15.1. The summed E-state index contributed by atoms with van der Waals surface area (Å²) in [7, 11) is 0. The molecule has 5 atom stereocenters. The number of anilines is 1. The number of rotatable bonds is 11. The maximum absolute atomic E-state index is 13.3. The molecular formula is C27H38N2O9. The summed E-state index contributed by atoms with van der Waals surface area (Å²) in [5.41, 5.74) is -0.215. The van der Waals surface area contributed by atoms with E-state index in [1.165, 1.54) is 32.0 Å². The summed E-state index contributed by atoms with van der Waals surface area (Å²) in [4.78, 5) is 62.7. The van der Waals surface area contributed by atoms with E-state index in [1.54, 1.807) is 0 Å². The van der Waals surface area contributed by atoms with E-state index in [0.29, 0.717) is 19.3 Å². The Balaban J connectivity index is 2.34. The quantitative estimate of drug-likeness (QED) is 0.128. The third-order valence-electron chi connectivity index (χ3n) is 6.23. The first kappa shape index (κ1) is 30.6. The third kappa shape index (κ3) is 8.19. The normalized spacial score (nSPS) is 23.8. The molecule has 0 radical (unpaired) electrons. The number of amides is 2. The molecule has 3 N–H and O–H groups in total. The average molecular weight is 535 g/mol. The smallest absolute Gasteiger partial charge is 0.332 e. The molecule has 0 spiro atoms. The molecule has 1 aliphatic heterocycles. The molecular weight excluding hydrogens is 496 g/mol. The maximum atomic E-state index is 13.3. The monoisotopic (exact) mass is 534 g/mol. The highest BCUT2D eigenvalue weighted by Crippen LogP contribution is 2.29. The van der Waals surface area contributed by atoms with Crippen LogP contribution in [0, 0.1) is 11.8 Å². The number of nitrogens with one attached hydrogen (secondary N) is 2. The molecule has 11 nitrogen and oxygen atoms in total. The molecule has 0 aliphatic carbocycles. The fourth-order valence-electron chi connectivity index (χ4n) is 4.22. The van der Waals surface area contributed by atoms with E-state index in [2.05, 4.69) is 10.6 Å². The molecule has 2 amide bonds. The molecule has 0 unspecified atom stereocenters. The zero-order valence-corrected chi connectivity index (χ0v) is 22.5. The van der Waals surface area contributed by atoms with E-state index >= 15 is 0 Å². The van der Waals surface area contributed by atoms with Crippen LogP contribution in [0.1, 0.15) is 77.1 Å². The number of hydrogen-bond acceptors (Lipinski definition) is 9. The van der Waals surface area contributed by atoms with Gasteiger partial charge in [0.25, 0.3) is 5.91 Å². The van der Waals surface area contributed by atoms with Crippen molar-refractivity contribution in [3.8, 4) is 5.75 Å². The number of ether oxygens (including phenoxy) is 3. The Labute approximate surface area is 222 Å². The van der Waals surface area contributed by atoms with Crippen LogP contribution in [-0.2, 0) is 33.4 Å². The molecule has 1 aromatic rings. The molecule has 38 heavy (non-hydrogen) atoms. The second-order valence-corrected chi connectivity index (χ2v) is 9.85. The molecule has 1 aromatic carbocycles. The Hall–Kier alpha value is -3.63. The standard InChI is InChI=1S/C27H38N2O9/c1-6-7-8-10-19-24(38-21(31)13-15(2)3)17(5)37-27(35)22(16(4)36-26(19)34)29-25(33)18-11-9-12-20(23(18)32)28-14-30/h9,11-12,14-17,19,22,24,32H,6-8,10,13H2,1-5H3,(H,28,30)(H,29,33)/t16-,17-,19+,22-,24-/m0/s1. The molecule has 1 aliphatic rings. The Morgan fingerprint density at radius 3 is 2.42 bits per heavy atom. The van der Waals surface area contributed by atoms with Crippen LogP contribution in [0.4, 0.5) is 5.69 Å². The first-order valence-corrected chi connectivity index (χ1v) is 12.9. The van der Waals surface area contributed by atoms with Gasteiger partial charge in [-0.2, -0.15) is 0 Å². The van der Waals surface area contributed by atoms with Gasteiger partial charge in [-0.15, -0.1) is 0 Å². The highest BCUT2D eigenvalue weighted by Gasteiger charge is 2.43. The number of hydrogen-bond donors (Lipinski definition) is 3. The number of esters is 3. The van der Waals surface area contributed by atoms with Crippen LogP contribution in [-0.4, -0.2) is 59.7 Å². The highest BCUT2D eigenvalue weighted by atomic mass is 16.6. The van der Waals surface area contributed by atoms with Gasteiger partial charge in [0, 0.05) is 6.42 Å². The van der Waals surface area contributed by atoms with Gasteiger partial charge in [-0.1, -0.05) is 46.1 Å². The second-order valence-electron chi connectivity index (χ2n) is 9.85. The summed E-state index contributed by atoms with van der Waals surface area (Å²) in [6, 6.07) is 2.71. The Kier molecular flexibility index (Phi) is 11.5. The zero-order valence-electron chi connectivity index (χ0n) is 22.5. The molecule has 11 heteroatoms. The lowest BCUT2D eigenvalue weighted by Gasteiger charge is -2.29. The fourth-order valence-corrected chi connectivity index (χ4v) is 4.22. The number of phenols is 1. The van der Waals surface area contributed by atoms with Crippen LogP contribution in [0.2, 0.25) is 0 Å². The van der Waals surface area contributed by atoms with Crippen LogP contribution in [0.3, 0.4) is 0 Å². The molecule has 0 bridgehead atoms. The van der Waals surface area contributed by atoms with Crippen molar-refractivity contribution >= 4 is 35.9 Å². The van der Waals surface area contributed by atoms with Crippen LogP contribution >= 0.6 is 0 Å². The number of aromatic hydroxyl groups is 1. The minimum Gasteiger partial charge on any atom is -0.505 e. The number of carbonyl (C=O) groups excluding carboxylic acids is 5. The van der Waals surface area contributed by atoms with Gasteiger partial charge in [0.2, 0.25) is 6.41 Å². The summed E-state index contributed by atoms with van der Waals surface area (Å²) < 4.78 is 16.9. The maximum Gasteiger partial charge on any atom is 0.332 e. The first-order valence-electron chi connectivity index (χ1n) is 12.9. The number of carbonyl (C=O) groups is 5. The van der Waals surface area contributed by atoms with Gasteiger partial charge in [0.05, 0.1) is 17.2 Å². The van der Waals surface area contributed by atoms with Crippen molar-refractivity contribution in [3.05, 3.63) is 23.8 Å². The summed E-state index contributed by atoms with van der Waals surface area (Å²) in [5.74, 6) is -4.27. The lowest BCUT2D eigenvalue weighted by Crippen LogP contribution is -2.50. The summed E-state index contributed by atoms with van der Waals surface area (Å²) >= 11 is 0. The number of phenolic OH excluding ortho intramolecular Hbond substituents is 1. The van der Waals surface area contributed by atoms with Crippen molar-refractivity contribution in [1.82, 2.24) is 5.32 Å². The Morgan fingerprint density at radius 2 is 1.79 bits per heavy atom.